The van der Waals surface area contributed by atoms with Gasteiger partial charge in [0.1, 0.15) is 0 Å². The standard InChI is InChI=1S/C14H26N2O2/c17-14(13-8-3-1-2-5-9-15-13)16-11-12-7-4-6-10-18-12/h12-13,15H,1-11H2,(H,16,17). The quantitative estimate of drug-likeness (QED) is 0.804. The Bertz CT molecular complexity index is 244. The molecule has 2 rings (SSSR count). The molecule has 0 radical (unpaired) electrons. The molecule has 2 aliphatic rings. The van der Waals surface area contributed by atoms with Crippen molar-refractivity contribution in [3.05, 3.63) is 0 Å². The highest BCUT2D eigenvalue weighted by molar-refractivity contribution is 5.81. The van der Waals surface area contributed by atoms with Gasteiger partial charge in [-0.15, -0.1) is 0 Å². The van der Waals surface area contributed by atoms with Crippen LogP contribution >= 0.6 is 0 Å². The van der Waals surface area contributed by atoms with Gasteiger partial charge in [-0.3, -0.25) is 4.79 Å². The zero-order chi connectivity index (χ0) is 12.6. The Labute approximate surface area is 110 Å². The number of carbonyl (C=O) groups excluding carboxylic acids is 1. The Morgan fingerprint density at radius 2 is 1.94 bits per heavy atom. The van der Waals surface area contributed by atoms with Crippen LogP contribution in [0.15, 0.2) is 0 Å². The van der Waals surface area contributed by atoms with Gasteiger partial charge in [-0.2, -0.15) is 0 Å². The second-order valence-corrected chi connectivity index (χ2v) is 5.44. The normalized spacial score (nSPS) is 30.2. The zero-order valence-corrected chi connectivity index (χ0v) is 11.2. The molecule has 104 valence electrons. The first-order chi connectivity index (χ1) is 8.86. The predicted molar refractivity (Wildman–Crippen MR) is 71.5 cm³/mol. The lowest BCUT2D eigenvalue weighted by Crippen LogP contribution is -2.47. The Kier molecular flexibility index (Phi) is 5.94. The van der Waals surface area contributed by atoms with E-state index < -0.39 is 0 Å². The van der Waals surface area contributed by atoms with Crippen LogP contribution in [0.3, 0.4) is 0 Å². The number of hydrogen-bond donors (Lipinski definition) is 2. The largest absolute Gasteiger partial charge is 0.376 e. The molecule has 0 spiro atoms. The molecule has 0 saturated carbocycles. The fraction of sp³-hybridized carbons (Fsp3) is 0.929. The maximum atomic E-state index is 12.1. The number of amides is 1. The summed E-state index contributed by atoms with van der Waals surface area (Å²) in [4.78, 5) is 12.1. The Morgan fingerprint density at radius 3 is 2.78 bits per heavy atom. The summed E-state index contributed by atoms with van der Waals surface area (Å²) in [6.07, 6.45) is 9.57. The first-order valence-corrected chi connectivity index (χ1v) is 7.49. The van der Waals surface area contributed by atoms with Crippen molar-refractivity contribution in [2.24, 2.45) is 0 Å². The first kappa shape index (κ1) is 13.8. The van der Waals surface area contributed by atoms with E-state index in [2.05, 4.69) is 10.6 Å². The van der Waals surface area contributed by atoms with E-state index in [9.17, 15) is 4.79 Å². The van der Waals surface area contributed by atoms with Gasteiger partial charge in [0.05, 0.1) is 12.1 Å². The smallest absolute Gasteiger partial charge is 0.237 e. The van der Waals surface area contributed by atoms with E-state index in [4.69, 9.17) is 4.74 Å². The molecule has 4 heteroatoms. The van der Waals surface area contributed by atoms with E-state index in [1.54, 1.807) is 0 Å². The third kappa shape index (κ3) is 4.58. The molecule has 4 nitrogen and oxygen atoms in total. The molecule has 0 aromatic heterocycles. The molecule has 2 aliphatic heterocycles. The van der Waals surface area contributed by atoms with Crippen molar-refractivity contribution in [3.8, 4) is 0 Å². The van der Waals surface area contributed by atoms with Crippen LogP contribution in [0.1, 0.15) is 51.4 Å². The van der Waals surface area contributed by atoms with Crippen LogP contribution in [0.4, 0.5) is 0 Å². The molecule has 2 saturated heterocycles. The van der Waals surface area contributed by atoms with Gasteiger partial charge in [-0.25, -0.2) is 0 Å². The van der Waals surface area contributed by atoms with E-state index in [0.29, 0.717) is 6.54 Å². The van der Waals surface area contributed by atoms with Crippen LogP contribution in [0.25, 0.3) is 0 Å². The summed E-state index contributed by atoms with van der Waals surface area (Å²) in [5.41, 5.74) is 0. The highest BCUT2D eigenvalue weighted by Gasteiger charge is 2.20. The summed E-state index contributed by atoms with van der Waals surface area (Å²) in [5.74, 6) is 0.158. The summed E-state index contributed by atoms with van der Waals surface area (Å²) in [5, 5.41) is 6.40. The Hall–Kier alpha value is -0.610. The average molecular weight is 254 g/mol. The van der Waals surface area contributed by atoms with Crippen molar-refractivity contribution >= 4 is 5.91 Å². The molecular formula is C14H26N2O2. The van der Waals surface area contributed by atoms with Crippen molar-refractivity contribution in [1.82, 2.24) is 10.6 Å². The van der Waals surface area contributed by atoms with Crippen LogP contribution in [-0.4, -0.2) is 37.7 Å². The lowest BCUT2D eigenvalue weighted by molar-refractivity contribution is -0.124. The SMILES string of the molecule is O=C(NCC1CCCCO1)C1CCCCCCN1. The first-order valence-electron chi connectivity index (χ1n) is 7.49. The molecule has 2 atom stereocenters. The van der Waals surface area contributed by atoms with E-state index in [1.807, 2.05) is 0 Å². The molecule has 18 heavy (non-hydrogen) atoms. The van der Waals surface area contributed by atoms with E-state index in [-0.39, 0.29) is 18.1 Å². The highest BCUT2D eigenvalue weighted by atomic mass is 16.5. The van der Waals surface area contributed by atoms with Crippen LogP contribution in [0.5, 0.6) is 0 Å². The van der Waals surface area contributed by atoms with Crippen molar-refractivity contribution in [2.45, 2.75) is 63.5 Å². The van der Waals surface area contributed by atoms with Crippen LogP contribution in [-0.2, 0) is 9.53 Å². The van der Waals surface area contributed by atoms with Gasteiger partial charge in [0.2, 0.25) is 5.91 Å². The fourth-order valence-corrected chi connectivity index (χ4v) is 2.74. The summed E-state index contributed by atoms with van der Waals surface area (Å²) in [6, 6.07) is 0.00823. The van der Waals surface area contributed by atoms with E-state index in [1.165, 1.54) is 25.7 Å². The average Bonchev–Trinajstić information content (AvgIpc) is 2.37. The summed E-state index contributed by atoms with van der Waals surface area (Å²) >= 11 is 0. The summed E-state index contributed by atoms with van der Waals surface area (Å²) in [6.45, 7) is 2.50. The third-order valence-electron chi connectivity index (χ3n) is 3.90. The number of carbonyl (C=O) groups is 1. The van der Waals surface area contributed by atoms with Gasteiger partial charge in [-0.05, 0) is 38.6 Å². The highest BCUT2D eigenvalue weighted by Crippen LogP contribution is 2.12. The molecule has 0 aromatic carbocycles. The molecule has 2 N–H and O–H groups in total. The second kappa shape index (κ2) is 7.74. The lowest BCUT2D eigenvalue weighted by atomic mass is 10.0. The summed E-state index contributed by atoms with van der Waals surface area (Å²) in [7, 11) is 0. The van der Waals surface area contributed by atoms with Crippen molar-refractivity contribution < 1.29 is 9.53 Å². The maximum absolute atomic E-state index is 12.1. The van der Waals surface area contributed by atoms with Gasteiger partial charge < -0.3 is 15.4 Å². The van der Waals surface area contributed by atoms with Crippen molar-refractivity contribution in [2.75, 3.05) is 19.7 Å². The molecule has 1 amide bonds. The topological polar surface area (TPSA) is 50.4 Å². The van der Waals surface area contributed by atoms with Gasteiger partial charge in [0.25, 0.3) is 0 Å². The Balaban J connectivity index is 1.68. The minimum Gasteiger partial charge on any atom is -0.376 e. The minimum absolute atomic E-state index is 0.00823. The monoisotopic (exact) mass is 254 g/mol. The molecule has 0 bridgehead atoms. The third-order valence-corrected chi connectivity index (χ3v) is 3.90. The van der Waals surface area contributed by atoms with Crippen LogP contribution < -0.4 is 10.6 Å². The molecule has 0 aliphatic carbocycles. The lowest BCUT2D eigenvalue weighted by Gasteiger charge is -2.25. The predicted octanol–water partition coefficient (Wildman–Crippen LogP) is 1.59. The van der Waals surface area contributed by atoms with Crippen molar-refractivity contribution in [3.63, 3.8) is 0 Å². The fourth-order valence-electron chi connectivity index (χ4n) is 2.74. The molecule has 2 fully saturated rings. The van der Waals surface area contributed by atoms with Gasteiger partial charge >= 0.3 is 0 Å². The Morgan fingerprint density at radius 1 is 1.11 bits per heavy atom. The number of nitrogens with one attached hydrogen (secondary N) is 2. The van der Waals surface area contributed by atoms with Crippen LogP contribution in [0.2, 0.25) is 0 Å². The number of rotatable bonds is 3. The molecular weight excluding hydrogens is 228 g/mol. The van der Waals surface area contributed by atoms with Crippen LogP contribution in [0, 0.1) is 0 Å². The van der Waals surface area contributed by atoms with E-state index in [0.717, 1.165) is 38.8 Å². The summed E-state index contributed by atoms with van der Waals surface area (Å²) < 4.78 is 5.63. The minimum atomic E-state index is 0.00823. The van der Waals surface area contributed by atoms with Gasteiger partial charge in [0, 0.05) is 13.2 Å². The van der Waals surface area contributed by atoms with Gasteiger partial charge in [-0.1, -0.05) is 19.3 Å². The maximum Gasteiger partial charge on any atom is 0.237 e. The number of hydrogen-bond acceptors (Lipinski definition) is 3. The van der Waals surface area contributed by atoms with Gasteiger partial charge in [0.15, 0.2) is 0 Å². The molecule has 2 unspecified atom stereocenters. The van der Waals surface area contributed by atoms with E-state index >= 15 is 0 Å². The van der Waals surface area contributed by atoms with Crippen molar-refractivity contribution in [1.29, 1.82) is 0 Å². The second-order valence-electron chi connectivity index (χ2n) is 5.44. The number of ether oxygens (including phenoxy) is 1. The zero-order valence-electron chi connectivity index (χ0n) is 11.2. The molecule has 2 heterocycles. The molecule has 0 aromatic rings.